The number of aromatic nitrogens is 2. The largest absolute Gasteiger partial charge is 0.380 e. The second kappa shape index (κ2) is 4.94. The topological polar surface area (TPSA) is 64.9 Å². The monoisotopic (exact) mass is 289 g/mol. The van der Waals surface area contributed by atoms with Crippen LogP contribution in [0.3, 0.4) is 0 Å². The van der Waals surface area contributed by atoms with E-state index in [1.165, 1.54) is 12.3 Å². The van der Waals surface area contributed by atoms with Gasteiger partial charge in [0.25, 0.3) is 0 Å². The summed E-state index contributed by atoms with van der Waals surface area (Å²) in [6.45, 7) is 0. The third-order valence-electron chi connectivity index (χ3n) is 2.82. The first kappa shape index (κ1) is 12.6. The smallest absolute Gasteiger partial charge is 0.178 e. The average Bonchev–Trinajstić information content (AvgIpc) is 2.82. The summed E-state index contributed by atoms with van der Waals surface area (Å²) >= 11 is 5.86. The van der Waals surface area contributed by atoms with E-state index in [9.17, 15) is 4.39 Å². The van der Waals surface area contributed by atoms with Gasteiger partial charge >= 0.3 is 0 Å². The Labute approximate surface area is 119 Å². The highest BCUT2D eigenvalue weighted by Crippen LogP contribution is 2.36. The number of nitrogens with zero attached hydrogens (tertiary/aromatic N) is 2. The van der Waals surface area contributed by atoms with Gasteiger partial charge in [0.1, 0.15) is 5.82 Å². The molecule has 0 saturated heterocycles. The van der Waals surface area contributed by atoms with Gasteiger partial charge in [-0.25, -0.2) is 4.39 Å². The van der Waals surface area contributed by atoms with Gasteiger partial charge in [0, 0.05) is 16.8 Å². The van der Waals surface area contributed by atoms with Crippen LogP contribution in [0.25, 0.3) is 22.5 Å². The Balaban J connectivity index is 2.17. The lowest BCUT2D eigenvalue weighted by molar-refractivity contribution is 0.435. The van der Waals surface area contributed by atoms with Crippen molar-refractivity contribution in [3.05, 3.63) is 53.6 Å². The number of pyridine rings is 1. The molecule has 3 rings (SSSR count). The van der Waals surface area contributed by atoms with Crippen molar-refractivity contribution < 1.29 is 8.91 Å². The molecule has 6 heteroatoms. The van der Waals surface area contributed by atoms with E-state index in [4.69, 9.17) is 21.9 Å². The van der Waals surface area contributed by atoms with Crippen molar-refractivity contribution in [1.82, 2.24) is 10.1 Å². The van der Waals surface area contributed by atoms with Gasteiger partial charge < -0.3 is 10.3 Å². The maximum absolute atomic E-state index is 13.3. The molecule has 0 aliphatic carbocycles. The minimum atomic E-state index is -0.459. The molecule has 100 valence electrons. The van der Waals surface area contributed by atoms with Crippen molar-refractivity contribution in [1.29, 1.82) is 0 Å². The highest BCUT2D eigenvalue weighted by molar-refractivity contribution is 6.30. The summed E-state index contributed by atoms with van der Waals surface area (Å²) in [7, 11) is 0. The molecule has 1 aromatic carbocycles. The van der Waals surface area contributed by atoms with Gasteiger partial charge in [-0.15, -0.1) is 0 Å². The van der Waals surface area contributed by atoms with Gasteiger partial charge in [0.05, 0.1) is 11.8 Å². The van der Waals surface area contributed by atoms with Crippen molar-refractivity contribution in [2.75, 3.05) is 5.73 Å². The predicted octanol–water partition coefficient (Wildman–Crippen LogP) is 3.78. The van der Waals surface area contributed by atoms with Gasteiger partial charge in [-0.05, 0) is 23.8 Å². The van der Waals surface area contributed by atoms with Gasteiger partial charge in [-0.1, -0.05) is 28.9 Å². The van der Waals surface area contributed by atoms with Crippen LogP contribution in [0, 0.1) is 5.82 Å². The number of nitrogens with two attached hydrogens (primary N) is 1. The Morgan fingerprint density at radius 2 is 1.85 bits per heavy atom. The summed E-state index contributed by atoms with van der Waals surface area (Å²) in [4.78, 5) is 3.79. The molecule has 0 amide bonds. The van der Waals surface area contributed by atoms with Crippen LogP contribution in [0.5, 0.6) is 0 Å². The van der Waals surface area contributed by atoms with Crippen LogP contribution in [0.4, 0.5) is 10.2 Å². The zero-order valence-corrected chi connectivity index (χ0v) is 10.9. The standard InChI is InChI=1S/C14H9ClFN3O/c15-10-3-1-8(2-4-10)12-13(20-19-14(12)17)9-5-11(16)7-18-6-9/h1-7H,(H2,17,19). The van der Waals surface area contributed by atoms with Crippen LogP contribution in [0.1, 0.15) is 0 Å². The van der Waals surface area contributed by atoms with E-state index in [1.54, 1.807) is 24.3 Å². The van der Waals surface area contributed by atoms with Crippen molar-refractivity contribution in [2.24, 2.45) is 0 Å². The number of nitrogen functional groups attached to an aromatic ring is 1. The molecule has 20 heavy (non-hydrogen) atoms. The van der Waals surface area contributed by atoms with Crippen molar-refractivity contribution in [3.8, 4) is 22.5 Å². The number of hydrogen-bond donors (Lipinski definition) is 1. The Bertz CT molecular complexity index is 755. The van der Waals surface area contributed by atoms with Gasteiger partial charge in [0.2, 0.25) is 0 Å². The van der Waals surface area contributed by atoms with Crippen LogP contribution < -0.4 is 5.73 Å². The molecule has 3 aromatic rings. The molecule has 0 spiro atoms. The average molecular weight is 290 g/mol. The molecule has 2 heterocycles. The van der Waals surface area contributed by atoms with Crippen molar-refractivity contribution in [2.45, 2.75) is 0 Å². The van der Waals surface area contributed by atoms with E-state index in [1.807, 2.05) is 0 Å². The maximum Gasteiger partial charge on any atom is 0.178 e. The zero-order chi connectivity index (χ0) is 14.1. The lowest BCUT2D eigenvalue weighted by atomic mass is 10.0. The Morgan fingerprint density at radius 3 is 2.55 bits per heavy atom. The summed E-state index contributed by atoms with van der Waals surface area (Å²) < 4.78 is 18.5. The first-order valence-electron chi connectivity index (χ1n) is 5.77. The number of anilines is 1. The van der Waals surface area contributed by atoms with Crippen LogP contribution >= 0.6 is 11.6 Å². The minimum Gasteiger partial charge on any atom is -0.380 e. The molecule has 0 unspecified atom stereocenters. The van der Waals surface area contributed by atoms with E-state index < -0.39 is 5.82 Å². The summed E-state index contributed by atoms with van der Waals surface area (Å²) in [6.07, 6.45) is 2.60. The van der Waals surface area contributed by atoms with Crippen molar-refractivity contribution in [3.63, 3.8) is 0 Å². The molecule has 0 fully saturated rings. The second-order valence-corrected chi connectivity index (χ2v) is 4.61. The van der Waals surface area contributed by atoms with Crippen LogP contribution in [0.2, 0.25) is 5.02 Å². The number of benzene rings is 1. The predicted molar refractivity (Wildman–Crippen MR) is 74.6 cm³/mol. The molecule has 4 nitrogen and oxygen atoms in total. The molecule has 0 radical (unpaired) electrons. The highest BCUT2D eigenvalue weighted by Gasteiger charge is 2.18. The molecular weight excluding hydrogens is 281 g/mol. The van der Waals surface area contributed by atoms with Gasteiger partial charge in [-0.2, -0.15) is 0 Å². The fourth-order valence-corrected chi connectivity index (χ4v) is 2.06. The summed E-state index contributed by atoms with van der Waals surface area (Å²) in [5, 5.41) is 4.35. The van der Waals surface area contributed by atoms with Gasteiger partial charge in [-0.3, -0.25) is 4.98 Å². The summed E-state index contributed by atoms with van der Waals surface area (Å²) in [5.74, 6) is 0.142. The Kier molecular flexibility index (Phi) is 3.12. The summed E-state index contributed by atoms with van der Waals surface area (Å²) in [6, 6.07) is 8.36. The fourth-order valence-electron chi connectivity index (χ4n) is 1.93. The highest BCUT2D eigenvalue weighted by atomic mass is 35.5. The van der Waals surface area contributed by atoms with Crippen LogP contribution in [0.15, 0.2) is 47.2 Å². The third-order valence-corrected chi connectivity index (χ3v) is 3.07. The molecule has 0 bridgehead atoms. The molecule has 2 N–H and O–H groups in total. The Morgan fingerprint density at radius 1 is 1.10 bits per heavy atom. The number of rotatable bonds is 2. The van der Waals surface area contributed by atoms with Gasteiger partial charge in [0.15, 0.2) is 11.6 Å². The van der Waals surface area contributed by atoms with E-state index in [0.29, 0.717) is 21.9 Å². The van der Waals surface area contributed by atoms with Crippen LogP contribution in [-0.2, 0) is 0 Å². The molecule has 0 aliphatic rings. The van der Waals surface area contributed by atoms with E-state index in [0.717, 1.165) is 11.8 Å². The molecule has 2 aromatic heterocycles. The quantitative estimate of drug-likeness (QED) is 0.780. The minimum absolute atomic E-state index is 0.228. The van der Waals surface area contributed by atoms with E-state index >= 15 is 0 Å². The molecular formula is C14H9ClFN3O. The number of hydrogen-bond acceptors (Lipinski definition) is 4. The first-order chi connectivity index (χ1) is 9.65. The molecule has 0 aliphatic heterocycles. The lowest BCUT2D eigenvalue weighted by Gasteiger charge is -2.03. The SMILES string of the molecule is Nc1noc(-c2cncc(F)c2)c1-c1ccc(Cl)cc1. The van der Waals surface area contributed by atoms with Crippen molar-refractivity contribution >= 4 is 17.4 Å². The second-order valence-electron chi connectivity index (χ2n) is 4.17. The summed E-state index contributed by atoms with van der Waals surface area (Å²) in [5.41, 5.74) is 7.68. The lowest BCUT2D eigenvalue weighted by Crippen LogP contribution is -1.89. The third kappa shape index (κ3) is 2.23. The first-order valence-corrected chi connectivity index (χ1v) is 6.15. The molecule has 0 saturated carbocycles. The normalized spacial score (nSPS) is 10.7. The fraction of sp³-hybridized carbons (Fsp3) is 0. The maximum atomic E-state index is 13.3. The Hall–Kier alpha value is -2.40. The van der Waals surface area contributed by atoms with E-state index in [2.05, 4.69) is 10.1 Å². The molecule has 0 atom stereocenters. The number of halogens is 2. The van der Waals surface area contributed by atoms with Crippen LogP contribution in [-0.4, -0.2) is 10.1 Å². The van der Waals surface area contributed by atoms with E-state index in [-0.39, 0.29) is 5.82 Å². The zero-order valence-electron chi connectivity index (χ0n) is 10.2.